The fourth-order valence-corrected chi connectivity index (χ4v) is 2.96. The van der Waals surface area contributed by atoms with Crippen molar-refractivity contribution in [3.05, 3.63) is 42.9 Å². The first-order valence-electron chi connectivity index (χ1n) is 4.48. The van der Waals surface area contributed by atoms with E-state index in [0.717, 1.165) is 15.8 Å². The minimum atomic E-state index is -0.283. The number of hydrazone groups is 1. The van der Waals surface area contributed by atoms with E-state index in [4.69, 9.17) is 0 Å². The van der Waals surface area contributed by atoms with Crippen LogP contribution in [0.1, 0.15) is 14.5 Å². The van der Waals surface area contributed by atoms with E-state index in [1.54, 1.807) is 12.1 Å². The van der Waals surface area contributed by atoms with Gasteiger partial charge in [0.15, 0.2) is 5.13 Å². The summed E-state index contributed by atoms with van der Waals surface area (Å²) >= 11 is 5.55. The number of hydrogen-bond donors (Lipinski definition) is 1. The number of nitrogens with one attached hydrogen (secondary N) is 1. The van der Waals surface area contributed by atoms with Gasteiger partial charge in [-0.15, -0.1) is 22.7 Å². The molecular weight excluding hydrogens is 327 g/mol. The molecule has 2 aromatic rings. The molecule has 0 aliphatic carbocycles. The lowest BCUT2D eigenvalue weighted by atomic mass is 10.4. The van der Waals surface area contributed by atoms with Gasteiger partial charge in [0.05, 0.1) is 16.0 Å². The molecule has 0 radical (unpaired) electrons. The number of halogens is 2. The maximum atomic E-state index is 12.6. The summed E-state index contributed by atoms with van der Waals surface area (Å²) in [5.74, 6) is -0.283. The molecule has 2 aromatic heterocycles. The normalized spacial score (nSPS) is 10.9. The van der Waals surface area contributed by atoms with Crippen LogP contribution in [0.4, 0.5) is 4.39 Å². The van der Waals surface area contributed by atoms with Crippen molar-refractivity contribution in [2.45, 2.75) is 0 Å². The summed E-state index contributed by atoms with van der Waals surface area (Å²) in [7, 11) is 0. The van der Waals surface area contributed by atoms with Gasteiger partial charge >= 0.3 is 0 Å². The summed E-state index contributed by atoms with van der Waals surface area (Å²) in [6.07, 6.45) is 1.41. The zero-order valence-electron chi connectivity index (χ0n) is 8.31. The van der Waals surface area contributed by atoms with Crippen molar-refractivity contribution in [2.75, 3.05) is 0 Å². The predicted molar refractivity (Wildman–Crippen MR) is 71.4 cm³/mol. The molecule has 0 aromatic carbocycles. The average Bonchev–Trinajstić information content (AvgIpc) is 2.88. The number of hydrogen-bond acceptors (Lipinski definition) is 4. The van der Waals surface area contributed by atoms with Gasteiger partial charge < -0.3 is 0 Å². The van der Waals surface area contributed by atoms with Gasteiger partial charge in [0, 0.05) is 9.85 Å². The highest BCUT2D eigenvalue weighted by atomic mass is 79.9. The van der Waals surface area contributed by atoms with E-state index in [2.05, 4.69) is 26.5 Å². The lowest BCUT2D eigenvalue weighted by molar-refractivity contribution is 0.0959. The molecular formula is C10H6BrFN2OS2. The summed E-state index contributed by atoms with van der Waals surface area (Å²) < 4.78 is 13.5. The molecule has 0 aliphatic rings. The molecule has 7 heteroatoms. The molecule has 88 valence electrons. The van der Waals surface area contributed by atoms with Crippen LogP contribution in [0.3, 0.4) is 0 Å². The van der Waals surface area contributed by atoms with Crippen molar-refractivity contribution >= 4 is 50.7 Å². The number of thiophene rings is 2. The van der Waals surface area contributed by atoms with Gasteiger partial charge in [0.2, 0.25) is 0 Å². The first-order chi connectivity index (χ1) is 8.15. The highest BCUT2D eigenvalue weighted by Crippen LogP contribution is 2.19. The lowest BCUT2D eigenvalue weighted by Crippen LogP contribution is -2.15. The summed E-state index contributed by atoms with van der Waals surface area (Å²) in [5, 5.41) is 5.29. The zero-order valence-corrected chi connectivity index (χ0v) is 11.5. The molecule has 0 saturated carbocycles. The fraction of sp³-hybridized carbons (Fsp3) is 0. The van der Waals surface area contributed by atoms with Gasteiger partial charge in [-0.25, -0.2) is 5.43 Å². The third-order valence-electron chi connectivity index (χ3n) is 1.74. The van der Waals surface area contributed by atoms with Gasteiger partial charge in [0.25, 0.3) is 5.91 Å². The molecule has 17 heavy (non-hydrogen) atoms. The molecule has 0 bridgehead atoms. The molecule has 2 rings (SSSR count). The van der Waals surface area contributed by atoms with E-state index in [0.29, 0.717) is 9.75 Å². The molecule has 1 N–H and O–H groups in total. The Morgan fingerprint density at radius 1 is 1.53 bits per heavy atom. The Labute approximate surface area is 113 Å². The molecule has 0 saturated heterocycles. The predicted octanol–water partition coefficient (Wildman–Crippen LogP) is 3.48. The van der Waals surface area contributed by atoms with E-state index >= 15 is 0 Å². The molecule has 0 fully saturated rings. The van der Waals surface area contributed by atoms with Gasteiger partial charge in [0.1, 0.15) is 0 Å². The molecule has 1 amide bonds. The van der Waals surface area contributed by atoms with Crippen LogP contribution < -0.4 is 5.43 Å². The minimum Gasteiger partial charge on any atom is -0.266 e. The van der Waals surface area contributed by atoms with Crippen molar-refractivity contribution in [1.29, 1.82) is 0 Å². The Morgan fingerprint density at radius 2 is 2.35 bits per heavy atom. The average molecular weight is 333 g/mol. The van der Waals surface area contributed by atoms with E-state index in [1.165, 1.54) is 23.6 Å². The largest absolute Gasteiger partial charge is 0.281 e. The lowest BCUT2D eigenvalue weighted by Gasteiger charge is -1.93. The fourth-order valence-electron chi connectivity index (χ4n) is 1.04. The number of nitrogens with zero attached hydrogens (tertiary/aromatic N) is 1. The second-order valence-electron chi connectivity index (χ2n) is 2.97. The Kier molecular flexibility index (Phi) is 4.03. The summed E-state index contributed by atoms with van der Waals surface area (Å²) in [5.41, 5.74) is 2.37. The Hall–Kier alpha value is -1.05. The van der Waals surface area contributed by atoms with Crippen LogP contribution in [-0.2, 0) is 0 Å². The van der Waals surface area contributed by atoms with E-state index in [1.807, 2.05) is 5.38 Å². The maximum absolute atomic E-state index is 12.6. The summed E-state index contributed by atoms with van der Waals surface area (Å²) in [6.45, 7) is 0. The molecule has 3 nitrogen and oxygen atoms in total. The van der Waals surface area contributed by atoms with Crippen molar-refractivity contribution < 1.29 is 9.18 Å². The second-order valence-corrected chi connectivity index (χ2v) is 5.86. The second kappa shape index (κ2) is 5.52. The van der Waals surface area contributed by atoms with Crippen LogP contribution in [0.25, 0.3) is 0 Å². The van der Waals surface area contributed by atoms with Crippen LogP contribution >= 0.6 is 38.6 Å². The Balaban J connectivity index is 1.94. The van der Waals surface area contributed by atoms with Crippen LogP contribution in [0.5, 0.6) is 0 Å². The molecule has 0 atom stereocenters. The van der Waals surface area contributed by atoms with Crippen molar-refractivity contribution in [3.63, 3.8) is 0 Å². The monoisotopic (exact) mass is 332 g/mol. The SMILES string of the molecule is O=C(NN=Cc1ccc(F)s1)c1cc(Br)cs1. The first kappa shape index (κ1) is 12.4. The number of amides is 1. The quantitative estimate of drug-likeness (QED) is 0.678. The van der Waals surface area contributed by atoms with Gasteiger partial charge in [-0.1, -0.05) is 0 Å². The molecule has 0 spiro atoms. The van der Waals surface area contributed by atoms with Gasteiger partial charge in [-0.05, 0) is 34.1 Å². The maximum Gasteiger partial charge on any atom is 0.281 e. The van der Waals surface area contributed by atoms with Crippen molar-refractivity contribution in [3.8, 4) is 0 Å². The Morgan fingerprint density at radius 3 is 2.94 bits per heavy atom. The van der Waals surface area contributed by atoms with Crippen LogP contribution in [0, 0.1) is 5.13 Å². The van der Waals surface area contributed by atoms with Crippen molar-refractivity contribution in [1.82, 2.24) is 5.43 Å². The highest BCUT2D eigenvalue weighted by Gasteiger charge is 2.06. The standard InChI is InChI=1S/C10H6BrFN2OS2/c11-6-3-8(16-5-6)10(15)14-13-4-7-1-2-9(12)17-7/h1-5H,(H,14,15). The van der Waals surface area contributed by atoms with Crippen LogP contribution in [-0.4, -0.2) is 12.1 Å². The first-order valence-corrected chi connectivity index (χ1v) is 6.97. The number of carbonyl (C=O) groups excluding carboxylic acids is 1. The number of carbonyl (C=O) groups is 1. The topological polar surface area (TPSA) is 41.5 Å². The van der Waals surface area contributed by atoms with Crippen molar-refractivity contribution in [2.24, 2.45) is 5.10 Å². The van der Waals surface area contributed by atoms with Crippen LogP contribution in [0.2, 0.25) is 0 Å². The highest BCUT2D eigenvalue weighted by molar-refractivity contribution is 9.10. The smallest absolute Gasteiger partial charge is 0.266 e. The molecule has 0 unspecified atom stereocenters. The van der Waals surface area contributed by atoms with E-state index in [9.17, 15) is 9.18 Å². The zero-order chi connectivity index (χ0) is 12.3. The third-order valence-corrected chi connectivity index (χ3v) is 4.24. The summed E-state index contributed by atoms with van der Waals surface area (Å²) in [6, 6.07) is 4.65. The van der Waals surface area contributed by atoms with E-state index in [-0.39, 0.29) is 11.0 Å². The van der Waals surface area contributed by atoms with Crippen LogP contribution in [0.15, 0.2) is 33.2 Å². The number of rotatable bonds is 3. The summed E-state index contributed by atoms with van der Waals surface area (Å²) in [4.78, 5) is 12.8. The Bertz CT molecular complexity index is 564. The van der Waals surface area contributed by atoms with Gasteiger partial charge in [-0.2, -0.15) is 9.49 Å². The van der Waals surface area contributed by atoms with Gasteiger partial charge in [-0.3, -0.25) is 4.79 Å². The third kappa shape index (κ3) is 3.45. The van der Waals surface area contributed by atoms with E-state index < -0.39 is 0 Å². The molecule has 2 heterocycles. The minimum absolute atomic E-state index is 0.278. The molecule has 0 aliphatic heterocycles.